The van der Waals surface area contributed by atoms with Crippen LogP contribution in [0.2, 0.25) is 0 Å². The second-order valence-electron chi connectivity index (χ2n) is 6.45. The van der Waals surface area contributed by atoms with Crippen LogP contribution in [0.4, 0.5) is 0 Å². The molecule has 0 aromatic carbocycles. The quantitative estimate of drug-likeness (QED) is 0.237. The molecule has 0 bridgehead atoms. The zero-order valence-electron chi connectivity index (χ0n) is 15.2. The summed E-state index contributed by atoms with van der Waals surface area (Å²) in [5.74, 6) is 1.75. The summed E-state index contributed by atoms with van der Waals surface area (Å²) in [6.45, 7) is 5.90. The lowest BCUT2D eigenvalue weighted by Crippen LogP contribution is -2.41. The normalized spacial score (nSPS) is 19.0. The molecule has 0 atom stereocenters. The Morgan fingerprint density at radius 1 is 1.21 bits per heavy atom. The molecule has 1 aliphatic carbocycles. The van der Waals surface area contributed by atoms with Crippen molar-refractivity contribution in [1.82, 2.24) is 10.2 Å². The smallest absolute Gasteiger partial charge is 0.193 e. The van der Waals surface area contributed by atoms with Crippen molar-refractivity contribution in [1.29, 1.82) is 0 Å². The Morgan fingerprint density at radius 2 is 1.96 bits per heavy atom. The lowest BCUT2D eigenvalue weighted by atomic mass is 10.1. The third-order valence-electron chi connectivity index (χ3n) is 4.32. The largest absolute Gasteiger partial charge is 0.381 e. The molecule has 24 heavy (non-hydrogen) atoms. The van der Waals surface area contributed by atoms with Crippen LogP contribution in [0, 0.1) is 5.92 Å². The molecule has 0 aromatic rings. The molecule has 1 heterocycles. The van der Waals surface area contributed by atoms with Gasteiger partial charge in [-0.1, -0.05) is 0 Å². The Labute approximate surface area is 163 Å². The Bertz CT molecular complexity index is 348. The van der Waals surface area contributed by atoms with E-state index in [4.69, 9.17) is 14.2 Å². The fourth-order valence-corrected chi connectivity index (χ4v) is 2.59. The molecule has 142 valence electrons. The van der Waals surface area contributed by atoms with Crippen molar-refractivity contribution in [3.63, 3.8) is 0 Å². The van der Waals surface area contributed by atoms with Crippen LogP contribution in [0.25, 0.3) is 0 Å². The summed E-state index contributed by atoms with van der Waals surface area (Å²) in [5, 5.41) is 3.38. The number of hydrogen-bond acceptors (Lipinski definition) is 4. The van der Waals surface area contributed by atoms with Crippen LogP contribution < -0.4 is 5.32 Å². The highest BCUT2D eigenvalue weighted by Gasteiger charge is 2.21. The number of rotatable bonds is 10. The summed E-state index contributed by atoms with van der Waals surface area (Å²) in [4.78, 5) is 6.44. The second-order valence-corrected chi connectivity index (χ2v) is 6.45. The van der Waals surface area contributed by atoms with Crippen molar-refractivity contribution < 1.29 is 14.2 Å². The third-order valence-corrected chi connectivity index (χ3v) is 4.32. The fraction of sp³-hybridized carbons (Fsp3) is 0.941. The highest BCUT2D eigenvalue weighted by molar-refractivity contribution is 14.0. The van der Waals surface area contributed by atoms with Gasteiger partial charge in [-0.15, -0.1) is 24.0 Å². The lowest BCUT2D eigenvalue weighted by Gasteiger charge is -2.23. The number of hydrogen-bond donors (Lipinski definition) is 1. The predicted octanol–water partition coefficient (Wildman–Crippen LogP) is 2.12. The van der Waals surface area contributed by atoms with E-state index in [0.29, 0.717) is 6.10 Å². The number of nitrogens with zero attached hydrogens (tertiary/aromatic N) is 2. The number of halogens is 1. The first-order valence-electron chi connectivity index (χ1n) is 8.98. The van der Waals surface area contributed by atoms with Crippen LogP contribution in [0.3, 0.4) is 0 Å². The minimum absolute atomic E-state index is 0. The van der Waals surface area contributed by atoms with Gasteiger partial charge >= 0.3 is 0 Å². The van der Waals surface area contributed by atoms with E-state index in [9.17, 15) is 0 Å². The third kappa shape index (κ3) is 9.39. The molecule has 0 aromatic heterocycles. The van der Waals surface area contributed by atoms with Gasteiger partial charge in [-0.3, -0.25) is 4.99 Å². The molecule has 0 radical (unpaired) electrons. The van der Waals surface area contributed by atoms with Crippen LogP contribution >= 0.6 is 24.0 Å². The molecule has 2 aliphatic rings. The number of ether oxygens (including phenoxy) is 3. The standard InChI is InChI=1S/C17H33N3O3.HI/c1-18-17(20(2)9-13-22-14-15-4-5-15)19-8-3-10-23-16-6-11-21-12-7-16;/h15-16H,3-14H2,1-2H3,(H,18,19);1H. The topological polar surface area (TPSA) is 55.3 Å². The average Bonchev–Trinajstić information content (AvgIpc) is 3.40. The average molecular weight is 455 g/mol. The van der Waals surface area contributed by atoms with Crippen molar-refractivity contribution in [2.45, 2.75) is 38.2 Å². The van der Waals surface area contributed by atoms with Crippen molar-refractivity contribution in [3.8, 4) is 0 Å². The zero-order valence-corrected chi connectivity index (χ0v) is 17.5. The van der Waals surface area contributed by atoms with Crippen LogP contribution in [0.1, 0.15) is 32.1 Å². The molecule has 2 fully saturated rings. The number of nitrogens with one attached hydrogen (secondary N) is 1. The molecule has 2 rings (SSSR count). The molecule has 0 spiro atoms. The van der Waals surface area contributed by atoms with Gasteiger partial charge in [0.15, 0.2) is 5.96 Å². The molecule has 1 saturated heterocycles. The first-order chi connectivity index (χ1) is 11.3. The van der Waals surface area contributed by atoms with Crippen molar-refractivity contribution in [3.05, 3.63) is 0 Å². The Hall–Kier alpha value is -0.120. The van der Waals surface area contributed by atoms with Crippen LogP contribution in [0.15, 0.2) is 4.99 Å². The molecule has 1 saturated carbocycles. The maximum absolute atomic E-state index is 5.87. The minimum atomic E-state index is 0. The van der Waals surface area contributed by atoms with Crippen molar-refractivity contribution in [2.24, 2.45) is 10.9 Å². The van der Waals surface area contributed by atoms with Gasteiger partial charge in [0.05, 0.1) is 12.7 Å². The van der Waals surface area contributed by atoms with Crippen molar-refractivity contribution in [2.75, 3.05) is 60.2 Å². The van der Waals surface area contributed by atoms with E-state index in [-0.39, 0.29) is 24.0 Å². The van der Waals surface area contributed by atoms with Crippen LogP contribution in [0.5, 0.6) is 0 Å². The molecule has 1 N–H and O–H groups in total. The first kappa shape index (κ1) is 21.9. The molecular weight excluding hydrogens is 421 g/mol. The fourth-order valence-electron chi connectivity index (χ4n) is 2.59. The van der Waals surface area contributed by atoms with Crippen LogP contribution in [-0.2, 0) is 14.2 Å². The summed E-state index contributed by atoms with van der Waals surface area (Å²) >= 11 is 0. The maximum atomic E-state index is 5.87. The highest BCUT2D eigenvalue weighted by Crippen LogP contribution is 2.28. The van der Waals surface area contributed by atoms with E-state index >= 15 is 0 Å². The van der Waals surface area contributed by atoms with Gasteiger partial charge in [-0.05, 0) is 38.0 Å². The summed E-state index contributed by atoms with van der Waals surface area (Å²) in [6, 6.07) is 0. The van der Waals surface area contributed by atoms with E-state index < -0.39 is 0 Å². The van der Waals surface area contributed by atoms with Gasteiger partial charge in [0.2, 0.25) is 0 Å². The minimum Gasteiger partial charge on any atom is -0.381 e. The number of guanidine groups is 1. The van der Waals surface area contributed by atoms with E-state index in [0.717, 1.165) is 77.3 Å². The van der Waals surface area contributed by atoms with Gasteiger partial charge in [-0.2, -0.15) is 0 Å². The van der Waals surface area contributed by atoms with E-state index in [2.05, 4.69) is 15.2 Å². The molecule has 1 aliphatic heterocycles. The van der Waals surface area contributed by atoms with E-state index in [1.165, 1.54) is 12.8 Å². The Morgan fingerprint density at radius 3 is 2.62 bits per heavy atom. The van der Waals surface area contributed by atoms with Crippen LogP contribution in [-0.4, -0.2) is 77.2 Å². The highest BCUT2D eigenvalue weighted by atomic mass is 127. The first-order valence-corrected chi connectivity index (χ1v) is 8.98. The maximum Gasteiger partial charge on any atom is 0.193 e. The van der Waals surface area contributed by atoms with Gasteiger partial charge in [0, 0.05) is 53.6 Å². The molecule has 0 unspecified atom stereocenters. The lowest BCUT2D eigenvalue weighted by molar-refractivity contribution is -0.0320. The summed E-state index contributed by atoms with van der Waals surface area (Å²) in [5.41, 5.74) is 0. The zero-order chi connectivity index (χ0) is 16.3. The molecule has 0 amide bonds. The van der Waals surface area contributed by atoms with Gasteiger partial charge in [0.25, 0.3) is 0 Å². The van der Waals surface area contributed by atoms with Gasteiger partial charge in [0.1, 0.15) is 0 Å². The monoisotopic (exact) mass is 455 g/mol. The Kier molecular flexibility index (Phi) is 12.0. The number of aliphatic imine (C=N–C) groups is 1. The molecule has 6 nitrogen and oxygen atoms in total. The van der Waals surface area contributed by atoms with Gasteiger partial charge in [-0.25, -0.2) is 0 Å². The number of likely N-dealkylation sites (N-methyl/N-ethyl adjacent to an activating group) is 1. The van der Waals surface area contributed by atoms with E-state index in [1.54, 1.807) is 0 Å². The van der Waals surface area contributed by atoms with Gasteiger partial charge < -0.3 is 24.4 Å². The summed E-state index contributed by atoms with van der Waals surface area (Å²) in [6.07, 6.45) is 6.11. The molecular formula is C17H34IN3O3. The SMILES string of the molecule is CN=C(NCCCOC1CCOCC1)N(C)CCOCC1CC1.I. The Balaban J connectivity index is 0.00000288. The van der Waals surface area contributed by atoms with E-state index in [1.807, 2.05) is 14.1 Å². The molecule has 7 heteroatoms. The predicted molar refractivity (Wildman–Crippen MR) is 107 cm³/mol. The second kappa shape index (κ2) is 13.1. The van der Waals surface area contributed by atoms with Crippen molar-refractivity contribution >= 4 is 29.9 Å². The summed E-state index contributed by atoms with van der Waals surface area (Å²) in [7, 11) is 3.87. The summed E-state index contributed by atoms with van der Waals surface area (Å²) < 4.78 is 16.9.